The van der Waals surface area contributed by atoms with E-state index in [0.29, 0.717) is 12.0 Å². The minimum absolute atomic E-state index is 0. The average Bonchev–Trinajstić information content (AvgIpc) is 2.61. The molecule has 0 spiro atoms. The molecule has 1 fully saturated rings. The quantitative estimate of drug-likeness (QED) is 0.798. The number of rotatable bonds is 5. The number of halogens is 1. The lowest BCUT2D eigenvalue weighted by Crippen LogP contribution is -2.48. The molecule has 0 aromatic heterocycles. The van der Waals surface area contributed by atoms with Crippen LogP contribution in [0.5, 0.6) is 0 Å². The lowest BCUT2D eigenvalue weighted by molar-refractivity contribution is -0.123. The van der Waals surface area contributed by atoms with Crippen molar-refractivity contribution < 1.29 is 4.79 Å². The predicted octanol–water partition coefficient (Wildman–Crippen LogP) is 1.38. The number of likely N-dealkylation sites (tertiary alicyclic amines) is 1. The summed E-state index contributed by atoms with van der Waals surface area (Å²) in [4.78, 5) is 14.3. The molecule has 3 N–H and O–H groups in total. The van der Waals surface area contributed by atoms with E-state index in [-0.39, 0.29) is 30.4 Å². The van der Waals surface area contributed by atoms with Gasteiger partial charge in [0.2, 0.25) is 5.91 Å². The highest BCUT2D eigenvalue weighted by Gasteiger charge is 2.32. The molecule has 0 aromatic rings. The summed E-state index contributed by atoms with van der Waals surface area (Å²) in [5, 5.41) is 3.09. The van der Waals surface area contributed by atoms with Gasteiger partial charge in [0.25, 0.3) is 0 Å². The summed E-state index contributed by atoms with van der Waals surface area (Å²) in [6, 6.07) is 0.455. The maximum Gasteiger partial charge on any atom is 0.237 e. The standard InChI is InChI=1S/C13H27N3O.ClH/c1-5-6-11(14)13(17)15-12-8-16(9(2)3)7-10(12)4;/h9-12H,5-8,14H2,1-4H3,(H,15,17);1H. The molecule has 0 bridgehead atoms. The lowest BCUT2D eigenvalue weighted by atomic mass is 10.1. The third-order valence-corrected chi connectivity index (χ3v) is 3.63. The summed E-state index contributed by atoms with van der Waals surface area (Å²) in [5.41, 5.74) is 5.82. The Labute approximate surface area is 117 Å². The monoisotopic (exact) mass is 277 g/mol. The zero-order valence-electron chi connectivity index (χ0n) is 12.0. The van der Waals surface area contributed by atoms with E-state index in [1.165, 1.54) is 0 Å². The van der Waals surface area contributed by atoms with Gasteiger partial charge in [-0.05, 0) is 26.2 Å². The van der Waals surface area contributed by atoms with Gasteiger partial charge in [0.1, 0.15) is 0 Å². The number of carbonyl (C=O) groups excluding carboxylic acids is 1. The largest absolute Gasteiger partial charge is 0.350 e. The number of hydrogen-bond donors (Lipinski definition) is 2. The Morgan fingerprint density at radius 3 is 2.50 bits per heavy atom. The molecule has 1 aliphatic rings. The van der Waals surface area contributed by atoms with Crippen LogP contribution in [0.15, 0.2) is 0 Å². The molecule has 3 unspecified atom stereocenters. The smallest absolute Gasteiger partial charge is 0.237 e. The molecule has 1 amide bonds. The van der Waals surface area contributed by atoms with E-state index in [0.717, 1.165) is 25.9 Å². The normalized spacial score (nSPS) is 25.9. The van der Waals surface area contributed by atoms with Crippen molar-refractivity contribution in [3.05, 3.63) is 0 Å². The maximum atomic E-state index is 11.9. The molecule has 5 heteroatoms. The fourth-order valence-corrected chi connectivity index (χ4v) is 2.35. The number of nitrogens with two attached hydrogens (primary N) is 1. The Hall–Kier alpha value is -0.320. The van der Waals surface area contributed by atoms with E-state index in [9.17, 15) is 4.79 Å². The van der Waals surface area contributed by atoms with Crippen LogP contribution in [0.2, 0.25) is 0 Å². The average molecular weight is 278 g/mol. The second-order valence-electron chi connectivity index (χ2n) is 5.54. The fourth-order valence-electron chi connectivity index (χ4n) is 2.35. The summed E-state index contributed by atoms with van der Waals surface area (Å²) in [6.45, 7) is 10.6. The van der Waals surface area contributed by atoms with Crippen LogP contribution in [0.25, 0.3) is 0 Å². The van der Waals surface area contributed by atoms with Gasteiger partial charge in [-0.3, -0.25) is 9.69 Å². The molecule has 18 heavy (non-hydrogen) atoms. The van der Waals surface area contributed by atoms with Crippen LogP contribution in [0.1, 0.15) is 40.5 Å². The number of nitrogens with zero attached hydrogens (tertiary/aromatic N) is 1. The molecule has 0 aromatic carbocycles. The Morgan fingerprint density at radius 2 is 2.06 bits per heavy atom. The molecular formula is C13H28ClN3O. The molecule has 108 valence electrons. The van der Waals surface area contributed by atoms with Crippen LogP contribution in [-0.2, 0) is 4.79 Å². The number of hydrogen-bond acceptors (Lipinski definition) is 3. The van der Waals surface area contributed by atoms with Gasteiger partial charge in [0.15, 0.2) is 0 Å². The first-order valence-electron chi connectivity index (χ1n) is 6.75. The highest BCUT2D eigenvalue weighted by Crippen LogP contribution is 2.18. The second-order valence-corrected chi connectivity index (χ2v) is 5.54. The summed E-state index contributed by atoms with van der Waals surface area (Å²) in [6.07, 6.45) is 1.72. The van der Waals surface area contributed by atoms with Crippen molar-refractivity contribution in [1.82, 2.24) is 10.2 Å². The van der Waals surface area contributed by atoms with Crippen molar-refractivity contribution >= 4 is 18.3 Å². The van der Waals surface area contributed by atoms with Gasteiger partial charge in [-0.15, -0.1) is 12.4 Å². The topological polar surface area (TPSA) is 58.4 Å². The van der Waals surface area contributed by atoms with E-state index in [2.05, 4.69) is 31.0 Å². The molecule has 1 heterocycles. The van der Waals surface area contributed by atoms with Gasteiger partial charge in [-0.25, -0.2) is 0 Å². The predicted molar refractivity (Wildman–Crippen MR) is 77.9 cm³/mol. The molecule has 0 saturated carbocycles. The van der Waals surface area contributed by atoms with Crippen LogP contribution < -0.4 is 11.1 Å². The zero-order chi connectivity index (χ0) is 13.0. The van der Waals surface area contributed by atoms with Crippen LogP contribution in [0, 0.1) is 5.92 Å². The van der Waals surface area contributed by atoms with Gasteiger partial charge < -0.3 is 11.1 Å². The fraction of sp³-hybridized carbons (Fsp3) is 0.923. The molecule has 0 radical (unpaired) electrons. The van der Waals surface area contributed by atoms with E-state index in [1.807, 2.05) is 6.92 Å². The van der Waals surface area contributed by atoms with E-state index in [1.54, 1.807) is 0 Å². The van der Waals surface area contributed by atoms with Gasteiger partial charge in [-0.1, -0.05) is 20.3 Å². The van der Waals surface area contributed by atoms with Crippen LogP contribution in [-0.4, -0.2) is 42.0 Å². The lowest BCUT2D eigenvalue weighted by Gasteiger charge is -2.21. The first-order chi connectivity index (χ1) is 7.95. The van der Waals surface area contributed by atoms with Crippen molar-refractivity contribution in [2.75, 3.05) is 13.1 Å². The van der Waals surface area contributed by atoms with Gasteiger partial charge in [0, 0.05) is 25.2 Å². The maximum absolute atomic E-state index is 11.9. The molecule has 1 rings (SSSR count). The van der Waals surface area contributed by atoms with Crippen molar-refractivity contribution in [3.63, 3.8) is 0 Å². The Balaban J connectivity index is 0.00000289. The number of amides is 1. The van der Waals surface area contributed by atoms with E-state index in [4.69, 9.17) is 5.73 Å². The Bertz CT molecular complexity index is 261. The summed E-state index contributed by atoms with van der Waals surface area (Å²) < 4.78 is 0. The first-order valence-corrected chi connectivity index (χ1v) is 6.75. The summed E-state index contributed by atoms with van der Waals surface area (Å²) in [7, 11) is 0. The van der Waals surface area contributed by atoms with Crippen molar-refractivity contribution in [2.45, 2.75) is 58.7 Å². The first kappa shape index (κ1) is 17.7. The van der Waals surface area contributed by atoms with Gasteiger partial charge >= 0.3 is 0 Å². The van der Waals surface area contributed by atoms with E-state index < -0.39 is 0 Å². The Morgan fingerprint density at radius 1 is 1.44 bits per heavy atom. The summed E-state index contributed by atoms with van der Waals surface area (Å²) >= 11 is 0. The molecule has 3 atom stereocenters. The molecular weight excluding hydrogens is 250 g/mol. The van der Waals surface area contributed by atoms with Gasteiger partial charge in [0.05, 0.1) is 6.04 Å². The minimum Gasteiger partial charge on any atom is -0.350 e. The summed E-state index contributed by atoms with van der Waals surface area (Å²) in [5.74, 6) is 0.518. The zero-order valence-corrected chi connectivity index (χ0v) is 12.8. The molecule has 0 aliphatic carbocycles. The minimum atomic E-state index is -0.347. The molecule has 1 aliphatic heterocycles. The highest BCUT2D eigenvalue weighted by molar-refractivity contribution is 5.85. The van der Waals surface area contributed by atoms with Crippen LogP contribution in [0.4, 0.5) is 0 Å². The van der Waals surface area contributed by atoms with Crippen molar-refractivity contribution in [2.24, 2.45) is 11.7 Å². The van der Waals surface area contributed by atoms with Crippen molar-refractivity contribution in [3.8, 4) is 0 Å². The highest BCUT2D eigenvalue weighted by atomic mass is 35.5. The van der Waals surface area contributed by atoms with Gasteiger partial charge in [-0.2, -0.15) is 0 Å². The number of nitrogens with one attached hydrogen (secondary N) is 1. The van der Waals surface area contributed by atoms with Crippen LogP contribution in [0.3, 0.4) is 0 Å². The Kier molecular flexibility index (Phi) is 7.83. The van der Waals surface area contributed by atoms with E-state index >= 15 is 0 Å². The van der Waals surface area contributed by atoms with Crippen molar-refractivity contribution in [1.29, 1.82) is 0 Å². The SMILES string of the molecule is CCCC(N)C(=O)NC1CN(C(C)C)CC1C.Cl. The number of carbonyl (C=O) groups is 1. The second kappa shape index (κ2) is 7.97. The van der Waals surface area contributed by atoms with Crippen LogP contribution >= 0.6 is 12.4 Å². The molecule has 1 saturated heterocycles. The third kappa shape index (κ3) is 4.75. The third-order valence-electron chi connectivity index (χ3n) is 3.63. The molecule has 4 nitrogen and oxygen atoms in total.